The van der Waals surface area contributed by atoms with Gasteiger partial charge >= 0.3 is 5.97 Å². The molecule has 1 heterocycles. The summed E-state index contributed by atoms with van der Waals surface area (Å²) in [6.45, 7) is 1.57. The van der Waals surface area contributed by atoms with Gasteiger partial charge in [-0.05, 0) is 69.6 Å². The molecule has 5 fully saturated rings. The van der Waals surface area contributed by atoms with Crippen molar-refractivity contribution in [2.45, 2.75) is 62.1 Å². The maximum Gasteiger partial charge on any atom is 0.312 e. The molecule has 1 amide bonds. The number of halogens is 1. The van der Waals surface area contributed by atoms with Crippen LogP contribution in [0.1, 0.15) is 57.8 Å². The Balaban J connectivity index is 1.38. The van der Waals surface area contributed by atoms with Crippen LogP contribution < -0.4 is 0 Å². The van der Waals surface area contributed by atoms with Crippen LogP contribution in [0.3, 0.4) is 0 Å². The number of carbonyl (C=O) groups is 2. The number of piperidine rings is 1. The Hall–Kier alpha value is -0.580. The highest BCUT2D eigenvalue weighted by Crippen LogP contribution is 2.64. The number of rotatable bonds is 3. The summed E-state index contributed by atoms with van der Waals surface area (Å²) in [7, 11) is 0. The second-order valence-electron chi connectivity index (χ2n) is 8.41. The van der Waals surface area contributed by atoms with E-state index in [1.54, 1.807) is 0 Å². The lowest BCUT2D eigenvalue weighted by Gasteiger charge is -2.58. The monoisotopic (exact) mass is 383 g/mol. The first kappa shape index (κ1) is 15.9. The number of carbonyl (C=O) groups excluding carboxylic acids is 2. The highest BCUT2D eigenvalue weighted by atomic mass is 79.9. The average Bonchev–Trinajstić information content (AvgIpc) is 2.50. The fraction of sp³-hybridized carbons (Fsp3) is 0.889. The van der Waals surface area contributed by atoms with E-state index < -0.39 is 0 Å². The number of amides is 1. The van der Waals surface area contributed by atoms with Gasteiger partial charge in [0, 0.05) is 17.4 Å². The number of alkyl halides is 1. The quantitative estimate of drug-likeness (QED) is 0.554. The maximum absolute atomic E-state index is 12.8. The Bertz CT molecular complexity index is 500. The van der Waals surface area contributed by atoms with Crippen molar-refractivity contribution in [1.29, 1.82) is 0 Å². The van der Waals surface area contributed by atoms with Crippen molar-refractivity contribution >= 4 is 27.8 Å². The van der Waals surface area contributed by atoms with Crippen molar-refractivity contribution in [3.05, 3.63) is 0 Å². The Labute approximate surface area is 146 Å². The molecule has 1 aliphatic heterocycles. The number of likely N-dealkylation sites (tertiary alicyclic amines) is 1. The van der Waals surface area contributed by atoms with Crippen molar-refractivity contribution in [3.8, 4) is 0 Å². The third kappa shape index (κ3) is 2.94. The van der Waals surface area contributed by atoms with E-state index in [1.807, 2.05) is 4.90 Å². The molecule has 1 saturated heterocycles. The van der Waals surface area contributed by atoms with Gasteiger partial charge < -0.3 is 9.64 Å². The molecule has 0 aromatic rings. The molecule has 4 nitrogen and oxygen atoms in total. The Kier molecular flexibility index (Phi) is 3.98. The minimum absolute atomic E-state index is 0.0173. The van der Waals surface area contributed by atoms with Gasteiger partial charge in [0.05, 0.1) is 5.41 Å². The smallest absolute Gasteiger partial charge is 0.312 e. The molecule has 0 radical (unpaired) electrons. The van der Waals surface area contributed by atoms with Crippen molar-refractivity contribution < 1.29 is 14.3 Å². The van der Waals surface area contributed by atoms with E-state index in [-0.39, 0.29) is 28.2 Å². The molecule has 128 valence electrons. The summed E-state index contributed by atoms with van der Waals surface area (Å²) in [5.74, 6) is 1.18. The SMILES string of the molecule is O=C(COC(=O)C12C[C@H]3C[C@@H](CC(Br)(C3)C1)C2)N1CCCCC1. The second-order valence-corrected chi connectivity index (χ2v) is 10.1. The highest BCUT2D eigenvalue weighted by molar-refractivity contribution is 9.10. The topological polar surface area (TPSA) is 46.6 Å². The minimum atomic E-state index is -0.324. The highest BCUT2D eigenvalue weighted by Gasteiger charge is 2.60. The zero-order valence-corrected chi connectivity index (χ0v) is 15.3. The van der Waals surface area contributed by atoms with Crippen molar-refractivity contribution in [2.75, 3.05) is 19.7 Å². The molecule has 5 rings (SSSR count). The largest absolute Gasteiger partial charge is 0.455 e. The average molecular weight is 384 g/mol. The predicted octanol–water partition coefficient (Wildman–Crippen LogP) is 3.28. The van der Waals surface area contributed by atoms with Gasteiger partial charge in [0.2, 0.25) is 0 Å². The van der Waals surface area contributed by atoms with Crippen LogP contribution in [-0.4, -0.2) is 40.8 Å². The number of hydrogen-bond donors (Lipinski definition) is 0. The van der Waals surface area contributed by atoms with Crippen molar-refractivity contribution in [1.82, 2.24) is 4.90 Å². The molecular weight excluding hydrogens is 358 g/mol. The molecule has 5 aliphatic rings. The van der Waals surface area contributed by atoms with E-state index in [0.29, 0.717) is 11.8 Å². The Morgan fingerprint density at radius 2 is 1.70 bits per heavy atom. The van der Waals surface area contributed by atoms with E-state index in [1.165, 1.54) is 25.7 Å². The zero-order chi connectivity index (χ0) is 16.1. The molecule has 0 spiro atoms. The van der Waals surface area contributed by atoms with E-state index in [0.717, 1.165) is 45.2 Å². The molecule has 4 saturated carbocycles. The molecule has 4 bridgehead atoms. The molecule has 0 aromatic carbocycles. The molecule has 5 heteroatoms. The predicted molar refractivity (Wildman–Crippen MR) is 90.2 cm³/mol. The fourth-order valence-corrected chi connectivity index (χ4v) is 7.36. The van der Waals surface area contributed by atoms with Gasteiger partial charge in [-0.1, -0.05) is 15.9 Å². The molecule has 0 N–H and O–H groups in total. The summed E-state index contributed by atoms with van der Waals surface area (Å²) in [6.07, 6.45) is 9.83. The standard InChI is InChI=1S/C18H26BrNO3/c19-18-9-13-6-14(10-18)8-17(7-13,12-18)16(22)23-11-15(21)20-4-2-1-3-5-20/h13-14H,1-12H2/t13-,14-,17?,18?/m1/s1. The first-order valence-corrected chi connectivity index (χ1v) is 9.91. The van der Waals surface area contributed by atoms with E-state index in [9.17, 15) is 9.59 Å². The van der Waals surface area contributed by atoms with Crippen LogP contribution in [-0.2, 0) is 14.3 Å². The summed E-state index contributed by atoms with van der Waals surface area (Å²) < 4.78 is 5.68. The van der Waals surface area contributed by atoms with Crippen molar-refractivity contribution in [2.24, 2.45) is 17.3 Å². The lowest BCUT2D eigenvalue weighted by atomic mass is 9.49. The van der Waals surface area contributed by atoms with Gasteiger partial charge in [0.1, 0.15) is 0 Å². The first-order chi connectivity index (χ1) is 11.0. The van der Waals surface area contributed by atoms with Crippen LogP contribution in [0, 0.1) is 17.3 Å². The number of nitrogens with zero attached hydrogens (tertiary/aromatic N) is 1. The van der Waals surface area contributed by atoms with Crippen molar-refractivity contribution in [3.63, 3.8) is 0 Å². The molecule has 23 heavy (non-hydrogen) atoms. The normalized spacial score (nSPS) is 41.9. The lowest BCUT2D eigenvalue weighted by Crippen LogP contribution is -2.56. The van der Waals surface area contributed by atoms with Gasteiger partial charge in [0.25, 0.3) is 5.91 Å². The molecule has 0 aromatic heterocycles. The van der Waals surface area contributed by atoms with Crippen LogP contribution in [0.4, 0.5) is 0 Å². The Morgan fingerprint density at radius 1 is 1.04 bits per heavy atom. The second kappa shape index (κ2) is 5.75. The third-order valence-corrected chi connectivity index (χ3v) is 7.39. The third-order valence-electron chi connectivity index (χ3n) is 6.46. The van der Waals surface area contributed by atoms with Crippen LogP contribution in [0.25, 0.3) is 0 Å². The van der Waals surface area contributed by atoms with Gasteiger partial charge in [-0.25, -0.2) is 0 Å². The Morgan fingerprint density at radius 3 is 2.30 bits per heavy atom. The minimum Gasteiger partial charge on any atom is -0.455 e. The summed E-state index contributed by atoms with van der Waals surface area (Å²) in [5.41, 5.74) is -0.324. The molecule has 0 unspecified atom stereocenters. The summed E-state index contributed by atoms with van der Waals surface area (Å²) >= 11 is 3.92. The maximum atomic E-state index is 12.8. The van der Waals surface area contributed by atoms with Crippen LogP contribution in [0.15, 0.2) is 0 Å². The zero-order valence-electron chi connectivity index (χ0n) is 13.7. The summed E-state index contributed by atoms with van der Waals surface area (Å²) in [5, 5.41) is 0. The van der Waals surface area contributed by atoms with E-state index in [4.69, 9.17) is 4.74 Å². The van der Waals surface area contributed by atoms with E-state index in [2.05, 4.69) is 15.9 Å². The fourth-order valence-electron chi connectivity index (χ4n) is 5.90. The number of hydrogen-bond acceptors (Lipinski definition) is 3. The number of ether oxygens (including phenoxy) is 1. The van der Waals surface area contributed by atoms with Crippen LogP contribution in [0.5, 0.6) is 0 Å². The molecule has 2 atom stereocenters. The first-order valence-electron chi connectivity index (χ1n) is 9.12. The molecule has 4 aliphatic carbocycles. The van der Waals surface area contributed by atoms with Crippen LogP contribution >= 0.6 is 15.9 Å². The van der Waals surface area contributed by atoms with Gasteiger partial charge in [-0.15, -0.1) is 0 Å². The van der Waals surface area contributed by atoms with E-state index >= 15 is 0 Å². The molecular formula is C18H26BrNO3. The van der Waals surface area contributed by atoms with Crippen LogP contribution in [0.2, 0.25) is 0 Å². The van der Waals surface area contributed by atoms with Gasteiger partial charge in [-0.2, -0.15) is 0 Å². The van der Waals surface area contributed by atoms with Gasteiger partial charge in [0.15, 0.2) is 6.61 Å². The van der Waals surface area contributed by atoms with Gasteiger partial charge in [-0.3, -0.25) is 9.59 Å². The summed E-state index contributed by atoms with van der Waals surface area (Å²) in [4.78, 5) is 26.9. The lowest BCUT2D eigenvalue weighted by molar-refractivity contribution is -0.172. The summed E-state index contributed by atoms with van der Waals surface area (Å²) in [6, 6.07) is 0. The number of esters is 1.